The first-order chi connectivity index (χ1) is 7.38. The maximum atomic E-state index is 10.7. The summed E-state index contributed by atoms with van der Waals surface area (Å²) in [5, 5.41) is 1.10. The standard InChI is InChI=1S/C12H8N2O/c15-8-9-1-2-10-3-4-12-13-5-6-14(12)11(10)7-9/h1-8H. The lowest BCUT2D eigenvalue weighted by atomic mass is 10.1. The summed E-state index contributed by atoms with van der Waals surface area (Å²) in [6, 6.07) is 9.60. The Bertz CT molecular complexity index is 655. The van der Waals surface area contributed by atoms with Crippen LogP contribution in [-0.2, 0) is 0 Å². The first-order valence-corrected chi connectivity index (χ1v) is 4.69. The Morgan fingerprint density at radius 2 is 2.07 bits per heavy atom. The van der Waals surface area contributed by atoms with Crippen LogP contribution in [0.4, 0.5) is 0 Å². The first kappa shape index (κ1) is 8.17. The maximum Gasteiger partial charge on any atom is 0.150 e. The molecule has 0 radical (unpaired) electrons. The third kappa shape index (κ3) is 1.13. The summed E-state index contributed by atoms with van der Waals surface area (Å²) in [4.78, 5) is 14.9. The van der Waals surface area contributed by atoms with Crippen molar-refractivity contribution < 1.29 is 4.79 Å². The van der Waals surface area contributed by atoms with E-state index in [0.29, 0.717) is 5.56 Å². The van der Waals surface area contributed by atoms with Crippen LogP contribution in [0.25, 0.3) is 16.6 Å². The molecule has 0 spiro atoms. The van der Waals surface area contributed by atoms with Gasteiger partial charge in [-0.15, -0.1) is 0 Å². The van der Waals surface area contributed by atoms with Gasteiger partial charge in [-0.1, -0.05) is 12.1 Å². The van der Waals surface area contributed by atoms with E-state index < -0.39 is 0 Å². The normalized spacial score (nSPS) is 10.9. The molecule has 15 heavy (non-hydrogen) atoms. The molecule has 3 heteroatoms. The van der Waals surface area contributed by atoms with Crippen LogP contribution in [0, 0.1) is 0 Å². The molecule has 0 bridgehead atoms. The topological polar surface area (TPSA) is 34.4 Å². The lowest BCUT2D eigenvalue weighted by Gasteiger charge is -2.02. The van der Waals surface area contributed by atoms with Crippen LogP contribution in [0.5, 0.6) is 0 Å². The molecule has 0 aliphatic rings. The van der Waals surface area contributed by atoms with E-state index in [9.17, 15) is 4.79 Å². The minimum atomic E-state index is 0.684. The molecular formula is C12H8N2O. The number of hydrogen-bond acceptors (Lipinski definition) is 2. The Morgan fingerprint density at radius 3 is 2.93 bits per heavy atom. The van der Waals surface area contributed by atoms with Crippen molar-refractivity contribution in [2.75, 3.05) is 0 Å². The van der Waals surface area contributed by atoms with Crippen LogP contribution in [0.1, 0.15) is 10.4 Å². The number of hydrogen-bond donors (Lipinski definition) is 0. The van der Waals surface area contributed by atoms with Gasteiger partial charge in [-0.05, 0) is 23.6 Å². The third-order valence-electron chi connectivity index (χ3n) is 2.53. The maximum absolute atomic E-state index is 10.7. The Labute approximate surface area is 86.0 Å². The molecule has 72 valence electrons. The fourth-order valence-corrected chi connectivity index (χ4v) is 1.79. The number of pyridine rings is 1. The number of imidazole rings is 1. The van der Waals surface area contributed by atoms with E-state index in [1.165, 1.54) is 0 Å². The van der Waals surface area contributed by atoms with Gasteiger partial charge in [0.15, 0.2) is 0 Å². The van der Waals surface area contributed by atoms with Crippen LogP contribution >= 0.6 is 0 Å². The molecule has 0 atom stereocenters. The van der Waals surface area contributed by atoms with Crippen molar-refractivity contribution in [1.82, 2.24) is 9.38 Å². The van der Waals surface area contributed by atoms with Crippen LogP contribution in [0.2, 0.25) is 0 Å². The lowest BCUT2D eigenvalue weighted by Crippen LogP contribution is -1.88. The summed E-state index contributed by atoms with van der Waals surface area (Å²) in [6.45, 7) is 0. The number of aldehydes is 1. The van der Waals surface area contributed by atoms with E-state index >= 15 is 0 Å². The molecule has 3 nitrogen and oxygen atoms in total. The second-order valence-electron chi connectivity index (χ2n) is 3.42. The molecule has 2 aromatic heterocycles. The monoisotopic (exact) mass is 196 g/mol. The van der Waals surface area contributed by atoms with Gasteiger partial charge in [0.2, 0.25) is 0 Å². The summed E-state index contributed by atoms with van der Waals surface area (Å²) in [6.07, 6.45) is 4.50. The molecule has 2 heterocycles. The molecular weight excluding hydrogens is 188 g/mol. The minimum Gasteiger partial charge on any atom is -0.300 e. The Hall–Kier alpha value is -2.16. The Morgan fingerprint density at radius 1 is 1.20 bits per heavy atom. The van der Waals surface area contributed by atoms with Crippen LogP contribution < -0.4 is 0 Å². The van der Waals surface area contributed by atoms with Gasteiger partial charge in [-0.25, -0.2) is 4.98 Å². The van der Waals surface area contributed by atoms with Crippen molar-refractivity contribution in [3.63, 3.8) is 0 Å². The highest BCUT2D eigenvalue weighted by Crippen LogP contribution is 2.17. The largest absolute Gasteiger partial charge is 0.300 e. The zero-order chi connectivity index (χ0) is 10.3. The quantitative estimate of drug-likeness (QED) is 0.559. The third-order valence-corrected chi connectivity index (χ3v) is 2.53. The van der Waals surface area contributed by atoms with E-state index in [1.807, 2.05) is 40.9 Å². The highest BCUT2D eigenvalue weighted by molar-refractivity contribution is 5.88. The van der Waals surface area contributed by atoms with E-state index in [-0.39, 0.29) is 0 Å². The highest BCUT2D eigenvalue weighted by Gasteiger charge is 2.00. The number of carbonyl (C=O) groups is 1. The average molecular weight is 196 g/mol. The van der Waals surface area contributed by atoms with Crippen molar-refractivity contribution in [3.8, 4) is 0 Å². The van der Waals surface area contributed by atoms with Gasteiger partial charge in [0.1, 0.15) is 11.9 Å². The van der Waals surface area contributed by atoms with Crippen molar-refractivity contribution in [2.45, 2.75) is 0 Å². The van der Waals surface area contributed by atoms with Crippen molar-refractivity contribution in [2.24, 2.45) is 0 Å². The molecule has 0 aliphatic heterocycles. The minimum absolute atomic E-state index is 0.684. The second-order valence-corrected chi connectivity index (χ2v) is 3.42. The van der Waals surface area contributed by atoms with E-state index in [1.54, 1.807) is 6.20 Å². The number of benzene rings is 1. The van der Waals surface area contributed by atoms with Gasteiger partial charge in [-0.2, -0.15) is 0 Å². The van der Waals surface area contributed by atoms with Gasteiger partial charge in [0.05, 0.1) is 5.52 Å². The van der Waals surface area contributed by atoms with Crippen LogP contribution in [0.3, 0.4) is 0 Å². The molecule has 3 aromatic rings. The zero-order valence-corrected chi connectivity index (χ0v) is 7.92. The number of fused-ring (bicyclic) bond motifs is 3. The highest BCUT2D eigenvalue weighted by atomic mass is 16.1. The molecule has 0 saturated heterocycles. The first-order valence-electron chi connectivity index (χ1n) is 4.69. The summed E-state index contributed by atoms with van der Waals surface area (Å²) in [5.74, 6) is 0. The fourth-order valence-electron chi connectivity index (χ4n) is 1.79. The summed E-state index contributed by atoms with van der Waals surface area (Å²) in [5.41, 5.74) is 2.59. The molecule has 3 rings (SSSR count). The SMILES string of the molecule is O=Cc1ccc2ccc3nccn3c2c1. The van der Waals surface area contributed by atoms with E-state index in [2.05, 4.69) is 4.98 Å². The molecule has 1 aromatic carbocycles. The van der Waals surface area contributed by atoms with Gasteiger partial charge in [0, 0.05) is 18.0 Å². The van der Waals surface area contributed by atoms with Crippen molar-refractivity contribution >= 4 is 22.8 Å². The second kappa shape index (κ2) is 2.92. The van der Waals surface area contributed by atoms with E-state index in [0.717, 1.165) is 22.8 Å². The molecule has 0 saturated carbocycles. The lowest BCUT2D eigenvalue weighted by molar-refractivity contribution is 0.112. The van der Waals surface area contributed by atoms with E-state index in [4.69, 9.17) is 0 Å². The van der Waals surface area contributed by atoms with Gasteiger partial charge < -0.3 is 0 Å². The predicted octanol–water partition coefficient (Wildman–Crippen LogP) is 2.30. The molecule has 0 amide bonds. The molecule has 0 N–H and O–H groups in total. The smallest absolute Gasteiger partial charge is 0.150 e. The van der Waals surface area contributed by atoms with Crippen molar-refractivity contribution in [3.05, 3.63) is 48.3 Å². The number of aromatic nitrogens is 2. The number of carbonyl (C=O) groups excluding carboxylic acids is 1. The van der Waals surface area contributed by atoms with Crippen LogP contribution in [-0.4, -0.2) is 15.7 Å². The Balaban J connectivity index is 2.53. The summed E-state index contributed by atoms with van der Waals surface area (Å²) in [7, 11) is 0. The van der Waals surface area contributed by atoms with Gasteiger partial charge in [-0.3, -0.25) is 9.20 Å². The number of nitrogens with zero attached hydrogens (tertiary/aromatic N) is 2. The fraction of sp³-hybridized carbons (Fsp3) is 0. The summed E-state index contributed by atoms with van der Waals surface area (Å²) >= 11 is 0. The predicted molar refractivity (Wildman–Crippen MR) is 58.1 cm³/mol. The molecule has 0 unspecified atom stereocenters. The zero-order valence-electron chi connectivity index (χ0n) is 7.92. The Kier molecular flexibility index (Phi) is 1.59. The van der Waals surface area contributed by atoms with Crippen molar-refractivity contribution in [1.29, 1.82) is 0 Å². The van der Waals surface area contributed by atoms with Gasteiger partial charge >= 0.3 is 0 Å². The van der Waals surface area contributed by atoms with Gasteiger partial charge in [0.25, 0.3) is 0 Å². The molecule has 0 fully saturated rings. The number of rotatable bonds is 1. The molecule has 0 aliphatic carbocycles. The van der Waals surface area contributed by atoms with Crippen LogP contribution in [0.15, 0.2) is 42.7 Å². The average Bonchev–Trinajstić information content (AvgIpc) is 2.76. The summed E-state index contributed by atoms with van der Waals surface area (Å²) < 4.78 is 1.97.